The van der Waals surface area contributed by atoms with Gasteiger partial charge in [-0.15, -0.1) is 10.2 Å². The molecule has 0 radical (unpaired) electrons. The number of amides is 1. The Morgan fingerprint density at radius 1 is 1.03 bits per heavy atom. The summed E-state index contributed by atoms with van der Waals surface area (Å²) >= 11 is 7.15. The van der Waals surface area contributed by atoms with Gasteiger partial charge in [0.15, 0.2) is 5.65 Å². The third-order valence-electron chi connectivity index (χ3n) is 4.35. The maximum absolute atomic E-state index is 12.2. The summed E-state index contributed by atoms with van der Waals surface area (Å²) < 4.78 is 1.67. The fraction of sp³-hybridized carbons (Fsp3) is 0.143. The van der Waals surface area contributed by atoms with Gasteiger partial charge in [0.2, 0.25) is 11.1 Å². The van der Waals surface area contributed by atoms with Crippen molar-refractivity contribution in [2.24, 2.45) is 0 Å². The summed E-state index contributed by atoms with van der Waals surface area (Å²) in [5.74, 6) is 0.0564. The molecule has 1 N–H and O–H groups in total. The monoisotopic (exact) mass is 423 g/mol. The molecule has 2 heterocycles. The molecule has 0 aliphatic carbocycles. The Bertz CT molecular complexity index is 1140. The third-order valence-corrected chi connectivity index (χ3v) is 5.52. The Morgan fingerprint density at radius 3 is 2.52 bits per heavy atom. The summed E-state index contributed by atoms with van der Waals surface area (Å²) in [5.41, 5.74) is 4.46. The molecule has 0 aliphatic rings. The zero-order valence-electron chi connectivity index (χ0n) is 15.7. The molecule has 6 nitrogen and oxygen atoms in total. The Morgan fingerprint density at radius 2 is 1.79 bits per heavy atom. The van der Waals surface area contributed by atoms with Crippen LogP contribution in [-0.4, -0.2) is 31.5 Å². The van der Waals surface area contributed by atoms with E-state index >= 15 is 0 Å². The van der Waals surface area contributed by atoms with Crippen LogP contribution < -0.4 is 5.32 Å². The highest BCUT2D eigenvalue weighted by atomic mass is 35.5. The molecule has 0 bridgehead atoms. The predicted molar refractivity (Wildman–Crippen MR) is 116 cm³/mol. The van der Waals surface area contributed by atoms with E-state index in [4.69, 9.17) is 11.6 Å². The van der Waals surface area contributed by atoms with Crippen LogP contribution in [0.25, 0.3) is 16.9 Å². The fourth-order valence-electron chi connectivity index (χ4n) is 2.78. The average Bonchev–Trinajstić information content (AvgIpc) is 3.16. The van der Waals surface area contributed by atoms with Gasteiger partial charge in [0.05, 0.1) is 11.4 Å². The zero-order chi connectivity index (χ0) is 20.2. The van der Waals surface area contributed by atoms with Gasteiger partial charge in [-0.2, -0.15) is 9.61 Å². The van der Waals surface area contributed by atoms with Crippen molar-refractivity contribution in [2.45, 2.75) is 18.5 Å². The Hall–Kier alpha value is -2.90. The molecule has 0 saturated carbocycles. The minimum Gasteiger partial charge on any atom is -0.325 e. The summed E-state index contributed by atoms with van der Waals surface area (Å²) in [6.45, 7) is 2.13. The number of thioether (sulfide) groups is 1. The van der Waals surface area contributed by atoms with Crippen LogP contribution in [0.15, 0.2) is 65.8 Å². The number of nitrogens with one attached hydrogen (secondary N) is 1. The number of carbonyl (C=O) groups is 1. The second-order valence-corrected chi connectivity index (χ2v) is 7.74. The summed E-state index contributed by atoms with van der Waals surface area (Å²) in [6.07, 6.45) is 0.997. The van der Waals surface area contributed by atoms with Crippen molar-refractivity contribution in [3.8, 4) is 11.3 Å². The van der Waals surface area contributed by atoms with Crippen LogP contribution in [0, 0.1) is 0 Å². The SMILES string of the molecule is CCc1ccc(-c2ccc3nnc(SCC(=O)Nc4ccc(Cl)cc4)n3n2)cc1. The molecule has 0 atom stereocenters. The second kappa shape index (κ2) is 8.63. The predicted octanol–water partition coefficient (Wildman–Crippen LogP) is 4.74. The van der Waals surface area contributed by atoms with Gasteiger partial charge >= 0.3 is 0 Å². The summed E-state index contributed by atoms with van der Waals surface area (Å²) in [6, 6.07) is 19.1. The Labute approximate surface area is 177 Å². The minimum absolute atomic E-state index is 0.139. The molecule has 8 heteroatoms. The van der Waals surface area contributed by atoms with E-state index in [-0.39, 0.29) is 11.7 Å². The van der Waals surface area contributed by atoms with E-state index in [1.807, 2.05) is 12.1 Å². The van der Waals surface area contributed by atoms with Crippen molar-refractivity contribution in [1.82, 2.24) is 19.8 Å². The van der Waals surface area contributed by atoms with Crippen LogP contribution in [0.3, 0.4) is 0 Å². The van der Waals surface area contributed by atoms with Gasteiger partial charge in [0, 0.05) is 16.3 Å². The van der Waals surface area contributed by atoms with Crippen LogP contribution in [0.2, 0.25) is 5.02 Å². The summed E-state index contributed by atoms with van der Waals surface area (Å²) in [7, 11) is 0. The lowest BCUT2D eigenvalue weighted by molar-refractivity contribution is -0.113. The quantitative estimate of drug-likeness (QED) is 0.453. The van der Waals surface area contributed by atoms with E-state index in [0.717, 1.165) is 17.7 Å². The topological polar surface area (TPSA) is 72.2 Å². The Balaban J connectivity index is 1.48. The number of nitrogens with zero attached hydrogens (tertiary/aromatic N) is 4. The third kappa shape index (κ3) is 4.58. The number of rotatable bonds is 6. The minimum atomic E-state index is -0.139. The molecule has 4 aromatic rings. The molecule has 29 heavy (non-hydrogen) atoms. The van der Waals surface area contributed by atoms with Crippen LogP contribution in [0.1, 0.15) is 12.5 Å². The van der Waals surface area contributed by atoms with Crippen molar-refractivity contribution in [3.05, 3.63) is 71.2 Å². The molecule has 0 unspecified atom stereocenters. The normalized spacial score (nSPS) is 11.0. The first-order valence-corrected chi connectivity index (χ1v) is 10.5. The summed E-state index contributed by atoms with van der Waals surface area (Å²) in [5, 5.41) is 17.0. The van der Waals surface area contributed by atoms with Crippen LogP contribution in [0.5, 0.6) is 0 Å². The number of fused-ring (bicyclic) bond motifs is 1. The van der Waals surface area contributed by atoms with Crippen LogP contribution >= 0.6 is 23.4 Å². The maximum atomic E-state index is 12.2. The van der Waals surface area contributed by atoms with Crippen LogP contribution in [-0.2, 0) is 11.2 Å². The number of carbonyl (C=O) groups excluding carboxylic acids is 1. The molecule has 146 valence electrons. The highest BCUT2D eigenvalue weighted by Crippen LogP contribution is 2.22. The van der Waals surface area contributed by atoms with E-state index in [1.54, 1.807) is 28.8 Å². The van der Waals surface area contributed by atoms with E-state index < -0.39 is 0 Å². The second-order valence-electron chi connectivity index (χ2n) is 6.37. The van der Waals surface area contributed by atoms with Crippen molar-refractivity contribution in [3.63, 3.8) is 0 Å². The van der Waals surface area contributed by atoms with Crippen molar-refractivity contribution in [1.29, 1.82) is 0 Å². The Kier molecular flexibility index (Phi) is 5.78. The fourth-order valence-corrected chi connectivity index (χ4v) is 3.60. The molecule has 2 aromatic carbocycles. The molecule has 0 spiro atoms. The van der Waals surface area contributed by atoms with E-state index in [9.17, 15) is 4.79 Å². The van der Waals surface area contributed by atoms with E-state index in [1.165, 1.54) is 17.3 Å². The molecule has 2 aromatic heterocycles. The highest BCUT2D eigenvalue weighted by molar-refractivity contribution is 7.99. The molecular weight excluding hydrogens is 406 g/mol. The molecule has 4 rings (SSSR count). The maximum Gasteiger partial charge on any atom is 0.234 e. The first-order chi connectivity index (χ1) is 14.1. The van der Waals surface area contributed by atoms with Gasteiger partial charge < -0.3 is 5.32 Å². The van der Waals surface area contributed by atoms with Crippen molar-refractivity contribution < 1.29 is 4.79 Å². The lowest BCUT2D eigenvalue weighted by Crippen LogP contribution is -2.14. The largest absolute Gasteiger partial charge is 0.325 e. The van der Waals surface area contributed by atoms with Gasteiger partial charge in [0.1, 0.15) is 0 Å². The van der Waals surface area contributed by atoms with Gasteiger partial charge in [-0.1, -0.05) is 54.6 Å². The number of anilines is 1. The number of aryl methyl sites for hydroxylation is 1. The van der Waals surface area contributed by atoms with Gasteiger partial charge in [-0.05, 0) is 48.4 Å². The number of aromatic nitrogens is 4. The van der Waals surface area contributed by atoms with Gasteiger partial charge in [-0.3, -0.25) is 4.79 Å². The number of halogens is 1. The standard InChI is InChI=1S/C21H18ClN5OS/c1-2-14-3-5-15(6-4-14)18-11-12-19-24-25-21(27(19)26-18)29-13-20(28)23-17-9-7-16(22)8-10-17/h3-12H,2,13H2,1H3,(H,23,28). The van der Waals surface area contributed by atoms with Crippen molar-refractivity contribution >= 4 is 40.6 Å². The van der Waals surface area contributed by atoms with Gasteiger partial charge in [-0.25, -0.2) is 0 Å². The molecule has 0 fully saturated rings. The molecule has 0 aliphatic heterocycles. The van der Waals surface area contributed by atoms with Gasteiger partial charge in [0.25, 0.3) is 0 Å². The average molecular weight is 424 g/mol. The number of benzene rings is 2. The lowest BCUT2D eigenvalue weighted by Gasteiger charge is -2.05. The first kappa shape index (κ1) is 19.4. The lowest BCUT2D eigenvalue weighted by atomic mass is 10.1. The zero-order valence-corrected chi connectivity index (χ0v) is 17.2. The molecule has 1 amide bonds. The molecular formula is C21H18ClN5OS. The summed E-state index contributed by atoms with van der Waals surface area (Å²) in [4.78, 5) is 12.2. The number of hydrogen-bond donors (Lipinski definition) is 1. The van der Waals surface area contributed by atoms with Crippen LogP contribution in [0.4, 0.5) is 5.69 Å². The van der Waals surface area contributed by atoms with E-state index in [0.29, 0.717) is 21.5 Å². The highest BCUT2D eigenvalue weighted by Gasteiger charge is 2.12. The van der Waals surface area contributed by atoms with E-state index in [2.05, 4.69) is 51.8 Å². The number of hydrogen-bond acceptors (Lipinski definition) is 5. The molecule has 0 saturated heterocycles. The van der Waals surface area contributed by atoms with Crippen molar-refractivity contribution in [2.75, 3.05) is 11.1 Å². The smallest absolute Gasteiger partial charge is 0.234 e. The first-order valence-electron chi connectivity index (χ1n) is 9.12.